The van der Waals surface area contributed by atoms with Gasteiger partial charge in [0.15, 0.2) is 0 Å². The summed E-state index contributed by atoms with van der Waals surface area (Å²) in [4.78, 5) is 33.8. The maximum atomic E-state index is 13.1. The number of nitrogens with zero attached hydrogens (tertiary/aromatic N) is 1. The van der Waals surface area contributed by atoms with Gasteiger partial charge < -0.3 is 19.4 Å². The van der Waals surface area contributed by atoms with E-state index in [0.717, 1.165) is 26.7 Å². The molecular formula is C23H19N3O4. The summed E-state index contributed by atoms with van der Waals surface area (Å²) in [6.45, 7) is 0. The molecule has 0 spiro atoms. The molecule has 2 N–H and O–H groups in total. The topological polar surface area (TPSA) is 87.4 Å². The monoisotopic (exact) mass is 401 g/mol. The Morgan fingerprint density at radius 3 is 1.57 bits per heavy atom. The van der Waals surface area contributed by atoms with Crippen LogP contribution in [0.25, 0.3) is 33.0 Å². The van der Waals surface area contributed by atoms with Crippen LogP contribution in [0, 0.1) is 0 Å². The van der Waals surface area contributed by atoms with Crippen molar-refractivity contribution in [3.63, 3.8) is 0 Å². The number of methoxy groups -OCH3 is 2. The van der Waals surface area contributed by atoms with Crippen LogP contribution in [0.1, 0.15) is 11.1 Å². The number of nitrogens with one attached hydrogen (secondary N) is 2. The van der Waals surface area contributed by atoms with E-state index in [-0.39, 0.29) is 11.8 Å². The van der Waals surface area contributed by atoms with Gasteiger partial charge in [0, 0.05) is 52.4 Å². The van der Waals surface area contributed by atoms with Gasteiger partial charge >= 0.3 is 0 Å². The van der Waals surface area contributed by atoms with Crippen molar-refractivity contribution in [2.75, 3.05) is 21.3 Å². The average Bonchev–Trinajstić information content (AvgIpc) is 3.43. The highest BCUT2D eigenvalue weighted by Gasteiger charge is 2.39. The third-order valence-electron chi connectivity index (χ3n) is 5.60. The number of aromatic nitrogens is 2. The van der Waals surface area contributed by atoms with Crippen molar-refractivity contribution < 1.29 is 19.1 Å². The van der Waals surface area contributed by atoms with Gasteiger partial charge in [-0.2, -0.15) is 0 Å². The molecular weight excluding hydrogens is 382 g/mol. The number of carbonyl (C=O) groups excluding carboxylic acids is 2. The Bertz CT molecular complexity index is 1270. The van der Waals surface area contributed by atoms with E-state index in [4.69, 9.17) is 9.47 Å². The van der Waals surface area contributed by atoms with E-state index in [1.54, 1.807) is 26.6 Å². The van der Waals surface area contributed by atoms with E-state index >= 15 is 0 Å². The van der Waals surface area contributed by atoms with Crippen molar-refractivity contribution in [1.29, 1.82) is 0 Å². The van der Waals surface area contributed by atoms with Crippen LogP contribution in [-0.2, 0) is 9.59 Å². The molecule has 150 valence electrons. The van der Waals surface area contributed by atoms with Gasteiger partial charge in [0.2, 0.25) is 0 Å². The molecule has 5 rings (SSSR count). The molecule has 30 heavy (non-hydrogen) atoms. The lowest BCUT2D eigenvalue weighted by Gasteiger charge is -2.06. The smallest absolute Gasteiger partial charge is 0.261 e. The second kappa shape index (κ2) is 6.52. The zero-order valence-electron chi connectivity index (χ0n) is 16.7. The van der Waals surface area contributed by atoms with E-state index < -0.39 is 0 Å². The fraction of sp³-hybridized carbons (Fsp3) is 0.130. The molecule has 0 saturated carbocycles. The molecule has 4 aromatic rings. The molecule has 7 nitrogen and oxygen atoms in total. The Morgan fingerprint density at radius 2 is 1.17 bits per heavy atom. The van der Waals surface area contributed by atoms with Gasteiger partial charge in [-0.25, -0.2) is 0 Å². The first-order valence-electron chi connectivity index (χ1n) is 9.41. The number of aromatic amines is 2. The highest BCUT2D eigenvalue weighted by atomic mass is 16.5. The Hall–Kier alpha value is -4.00. The number of imide groups is 1. The van der Waals surface area contributed by atoms with Crippen molar-refractivity contribution in [2.45, 2.75) is 0 Å². The minimum Gasteiger partial charge on any atom is -0.497 e. The van der Waals surface area contributed by atoms with Crippen LogP contribution in [0.4, 0.5) is 0 Å². The normalized spacial score (nSPS) is 14.4. The lowest BCUT2D eigenvalue weighted by atomic mass is 9.95. The van der Waals surface area contributed by atoms with Gasteiger partial charge in [-0.05, 0) is 36.4 Å². The van der Waals surface area contributed by atoms with Gasteiger partial charge in [0.1, 0.15) is 11.5 Å². The fourth-order valence-electron chi connectivity index (χ4n) is 4.01. The summed E-state index contributed by atoms with van der Waals surface area (Å²) in [6, 6.07) is 11.2. The van der Waals surface area contributed by atoms with Gasteiger partial charge in [0.05, 0.1) is 25.4 Å². The summed E-state index contributed by atoms with van der Waals surface area (Å²) >= 11 is 0. The highest BCUT2D eigenvalue weighted by molar-refractivity contribution is 6.50. The zero-order valence-corrected chi connectivity index (χ0v) is 16.7. The number of hydrogen-bond donors (Lipinski definition) is 2. The lowest BCUT2D eigenvalue weighted by Crippen LogP contribution is -2.26. The maximum Gasteiger partial charge on any atom is 0.261 e. The van der Waals surface area contributed by atoms with Crippen molar-refractivity contribution in [3.8, 4) is 11.5 Å². The minimum absolute atomic E-state index is 0.337. The summed E-state index contributed by atoms with van der Waals surface area (Å²) < 4.78 is 10.7. The van der Waals surface area contributed by atoms with Crippen LogP contribution in [0.2, 0.25) is 0 Å². The number of likely N-dealkylation sites (N-methyl/N-ethyl adjacent to an activating group) is 1. The van der Waals surface area contributed by atoms with Crippen LogP contribution < -0.4 is 9.47 Å². The molecule has 0 unspecified atom stereocenters. The van der Waals surface area contributed by atoms with E-state index in [1.165, 1.54) is 7.05 Å². The van der Waals surface area contributed by atoms with Crippen molar-refractivity contribution >= 4 is 44.8 Å². The van der Waals surface area contributed by atoms with Crippen LogP contribution in [0.3, 0.4) is 0 Å². The number of rotatable bonds is 4. The van der Waals surface area contributed by atoms with Crippen LogP contribution in [-0.4, -0.2) is 47.9 Å². The summed E-state index contributed by atoms with van der Waals surface area (Å²) in [5.74, 6) is 0.673. The Morgan fingerprint density at radius 1 is 0.733 bits per heavy atom. The van der Waals surface area contributed by atoms with Crippen LogP contribution >= 0.6 is 0 Å². The molecule has 1 aliphatic heterocycles. The second-order valence-electron chi connectivity index (χ2n) is 7.15. The predicted octanol–water partition coefficient (Wildman–Crippen LogP) is 3.58. The third kappa shape index (κ3) is 2.45. The molecule has 0 aliphatic carbocycles. The quantitative estimate of drug-likeness (QED) is 0.512. The van der Waals surface area contributed by atoms with Crippen molar-refractivity contribution in [2.24, 2.45) is 0 Å². The summed E-state index contributed by atoms with van der Waals surface area (Å²) in [7, 11) is 4.69. The van der Waals surface area contributed by atoms with Crippen molar-refractivity contribution in [1.82, 2.24) is 14.9 Å². The van der Waals surface area contributed by atoms with Gasteiger partial charge in [-0.1, -0.05) is 0 Å². The Balaban J connectivity index is 1.82. The lowest BCUT2D eigenvalue weighted by molar-refractivity contribution is -0.134. The zero-order chi connectivity index (χ0) is 21.0. The molecule has 0 radical (unpaired) electrons. The Kier molecular flexibility index (Phi) is 3.92. The van der Waals surface area contributed by atoms with Gasteiger partial charge in [-0.15, -0.1) is 0 Å². The second-order valence-corrected chi connectivity index (χ2v) is 7.15. The molecule has 0 bridgehead atoms. The number of hydrogen-bond acceptors (Lipinski definition) is 4. The Labute approximate surface area is 171 Å². The molecule has 0 fully saturated rings. The maximum absolute atomic E-state index is 13.1. The standard InChI is InChI=1S/C23H19N3O4/c1-26-22(27)20(16-10-24-18-6-4-12(29-2)8-14(16)18)21(23(26)28)17-11-25-19-7-5-13(30-3)9-15(17)19/h4-11,24-25H,1-3H3. The molecule has 3 heterocycles. The fourth-order valence-corrected chi connectivity index (χ4v) is 4.01. The van der Waals surface area contributed by atoms with E-state index in [2.05, 4.69) is 9.97 Å². The summed E-state index contributed by atoms with van der Waals surface area (Å²) in [5, 5.41) is 1.63. The number of ether oxygens (including phenoxy) is 2. The number of amides is 2. The average molecular weight is 401 g/mol. The molecule has 2 aromatic carbocycles. The van der Waals surface area contributed by atoms with Crippen molar-refractivity contribution in [3.05, 3.63) is 59.9 Å². The molecule has 1 aliphatic rings. The van der Waals surface area contributed by atoms with E-state index in [0.29, 0.717) is 33.8 Å². The summed E-state index contributed by atoms with van der Waals surface area (Å²) in [5.41, 5.74) is 3.77. The first-order valence-corrected chi connectivity index (χ1v) is 9.41. The first-order chi connectivity index (χ1) is 14.5. The number of fused-ring (bicyclic) bond motifs is 2. The van der Waals surface area contributed by atoms with Crippen LogP contribution in [0.5, 0.6) is 11.5 Å². The molecule has 0 saturated heterocycles. The van der Waals surface area contributed by atoms with Gasteiger partial charge in [-0.3, -0.25) is 14.5 Å². The van der Waals surface area contributed by atoms with Crippen LogP contribution in [0.15, 0.2) is 48.8 Å². The number of benzene rings is 2. The number of carbonyl (C=O) groups is 2. The van der Waals surface area contributed by atoms with E-state index in [9.17, 15) is 9.59 Å². The predicted molar refractivity (Wildman–Crippen MR) is 114 cm³/mol. The van der Waals surface area contributed by atoms with E-state index in [1.807, 2.05) is 36.4 Å². The SMILES string of the molecule is COc1ccc2[nH]cc(C3=C(c4c[nH]c5ccc(OC)cc45)C(=O)N(C)C3=O)c2c1. The minimum atomic E-state index is -0.337. The highest BCUT2D eigenvalue weighted by Crippen LogP contribution is 2.41. The third-order valence-corrected chi connectivity index (χ3v) is 5.60. The number of H-pyrrole nitrogens is 2. The molecule has 2 amide bonds. The first kappa shape index (κ1) is 18.1. The molecule has 0 atom stereocenters. The largest absolute Gasteiger partial charge is 0.497 e. The molecule has 2 aromatic heterocycles. The molecule has 7 heteroatoms. The summed E-state index contributed by atoms with van der Waals surface area (Å²) in [6.07, 6.45) is 3.53. The van der Waals surface area contributed by atoms with Gasteiger partial charge in [0.25, 0.3) is 11.8 Å².